The third-order valence-corrected chi connectivity index (χ3v) is 15.0. The molecule has 1 aliphatic carbocycles. The lowest BCUT2D eigenvalue weighted by molar-refractivity contribution is 0.463. The predicted octanol–water partition coefficient (Wildman–Crippen LogP) is 17.6. The zero-order valence-electron chi connectivity index (χ0n) is 38.9. The molecule has 0 N–H and O–H groups in total. The molecule has 0 fully saturated rings. The molecule has 0 heterocycles. The quantitative estimate of drug-likeness (QED) is 0.113. The van der Waals surface area contributed by atoms with Crippen LogP contribution in [-0.4, -0.2) is 6.04 Å². The second-order valence-corrected chi connectivity index (χ2v) is 19.2. The maximum absolute atomic E-state index is 2.65. The zero-order chi connectivity index (χ0) is 45.0. The Hall–Kier alpha value is -7.16. The molecule has 1 aliphatic rings. The molecule has 2 nitrogen and oxygen atoms in total. The summed E-state index contributed by atoms with van der Waals surface area (Å²) in [5.41, 5.74) is 12.6. The Labute approximate surface area is 390 Å². The van der Waals surface area contributed by atoms with Crippen LogP contribution in [0.4, 0.5) is 22.7 Å². The van der Waals surface area contributed by atoms with Gasteiger partial charge in [-0.15, -0.1) is 0 Å². The minimum atomic E-state index is -0.362. The van der Waals surface area contributed by atoms with Crippen molar-refractivity contribution >= 4 is 65.8 Å². The summed E-state index contributed by atoms with van der Waals surface area (Å²) in [7, 11) is 0. The number of nitrogens with zero attached hydrogens (tertiary/aromatic N) is 2. The lowest BCUT2D eigenvalue weighted by Crippen LogP contribution is -2.41. The molecule has 2 atom stereocenters. The van der Waals surface area contributed by atoms with Crippen LogP contribution in [0, 0.1) is 0 Å². The largest absolute Gasteiger partial charge is 0.338 e. The number of benzene rings is 10. The Bertz CT molecular complexity index is 3400. The lowest BCUT2D eigenvalue weighted by Gasteiger charge is -2.44. The van der Waals surface area contributed by atoms with Gasteiger partial charge in [0, 0.05) is 39.3 Å². The number of fused-ring (bicyclic) bond motifs is 9. The summed E-state index contributed by atoms with van der Waals surface area (Å²) in [5, 5.41) is 10.3. The number of rotatable bonds is 12. The third-order valence-electron chi connectivity index (χ3n) is 15.0. The summed E-state index contributed by atoms with van der Waals surface area (Å²) in [4.78, 5) is 5.28. The fraction of sp³-hybridized carbons (Fsp3) is 0.188. The van der Waals surface area contributed by atoms with Crippen molar-refractivity contribution in [3.8, 4) is 11.1 Å². The zero-order valence-corrected chi connectivity index (χ0v) is 38.9. The highest BCUT2D eigenvalue weighted by Crippen LogP contribution is 2.53. The topological polar surface area (TPSA) is 6.48 Å². The Morgan fingerprint density at radius 2 is 1.00 bits per heavy atom. The molecule has 0 bridgehead atoms. The van der Waals surface area contributed by atoms with Gasteiger partial charge < -0.3 is 9.80 Å². The molecule has 0 saturated heterocycles. The average molecular weight is 855 g/mol. The number of anilines is 4. The first kappa shape index (κ1) is 41.5. The van der Waals surface area contributed by atoms with E-state index in [9.17, 15) is 0 Å². The van der Waals surface area contributed by atoms with Crippen molar-refractivity contribution in [2.24, 2.45) is 0 Å². The molecular weight excluding hydrogens is 797 g/mol. The molecule has 11 rings (SSSR count). The minimum Gasteiger partial charge on any atom is -0.338 e. The van der Waals surface area contributed by atoms with E-state index in [2.05, 4.69) is 251 Å². The van der Waals surface area contributed by atoms with Crippen LogP contribution in [0.5, 0.6) is 0 Å². The van der Waals surface area contributed by atoms with Gasteiger partial charge in [-0.05, 0) is 128 Å². The smallest absolute Gasteiger partial charge is 0.0672 e. The van der Waals surface area contributed by atoms with E-state index in [1.54, 1.807) is 0 Å². The third kappa shape index (κ3) is 6.85. The van der Waals surface area contributed by atoms with Crippen LogP contribution in [0.1, 0.15) is 76.1 Å². The van der Waals surface area contributed by atoms with Gasteiger partial charge in [0.25, 0.3) is 0 Å². The summed E-state index contributed by atoms with van der Waals surface area (Å²) < 4.78 is 0. The molecular formula is C64H58N2. The van der Waals surface area contributed by atoms with Gasteiger partial charge in [-0.25, -0.2) is 0 Å². The van der Waals surface area contributed by atoms with Gasteiger partial charge in [-0.1, -0.05) is 204 Å². The summed E-state index contributed by atoms with van der Waals surface area (Å²) in [6, 6.07) is 77.6. The Morgan fingerprint density at radius 1 is 0.470 bits per heavy atom. The molecule has 0 radical (unpaired) electrons. The van der Waals surface area contributed by atoms with Gasteiger partial charge in [-0.2, -0.15) is 0 Å². The highest BCUT2D eigenvalue weighted by atomic mass is 15.2. The van der Waals surface area contributed by atoms with Gasteiger partial charge in [0.2, 0.25) is 0 Å². The van der Waals surface area contributed by atoms with Crippen molar-refractivity contribution in [1.82, 2.24) is 0 Å². The van der Waals surface area contributed by atoms with Crippen molar-refractivity contribution in [3.63, 3.8) is 0 Å². The van der Waals surface area contributed by atoms with E-state index >= 15 is 0 Å². The van der Waals surface area contributed by atoms with Gasteiger partial charge in [0.15, 0.2) is 0 Å². The van der Waals surface area contributed by atoms with Crippen LogP contribution in [0.3, 0.4) is 0 Å². The second kappa shape index (κ2) is 16.7. The van der Waals surface area contributed by atoms with E-state index in [-0.39, 0.29) is 17.0 Å². The summed E-state index contributed by atoms with van der Waals surface area (Å²) in [6.07, 6.45) is 4.01. The molecule has 0 amide bonds. The lowest BCUT2D eigenvalue weighted by atomic mass is 9.78. The van der Waals surface area contributed by atoms with E-state index in [0.29, 0.717) is 0 Å². The van der Waals surface area contributed by atoms with E-state index in [0.717, 1.165) is 25.7 Å². The van der Waals surface area contributed by atoms with E-state index < -0.39 is 0 Å². The molecule has 2 heteroatoms. The normalized spacial score (nSPS) is 14.3. The van der Waals surface area contributed by atoms with Gasteiger partial charge >= 0.3 is 0 Å². The number of hydrogen-bond donors (Lipinski definition) is 0. The van der Waals surface area contributed by atoms with Crippen LogP contribution < -0.4 is 9.80 Å². The van der Waals surface area contributed by atoms with Crippen molar-refractivity contribution in [2.75, 3.05) is 9.80 Å². The van der Waals surface area contributed by atoms with Crippen LogP contribution in [0.15, 0.2) is 206 Å². The minimum absolute atomic E-state index is 0.163. The van der Waals surface area contributed by atoms with E-state index in [1.807, 2.05) is 0 Å². The first-order chi connectivity index (χ1) is 32.3. The van der Waals surface area contributed by atoms with Crippen LogP contribution in [0.25, 0.3) is 54.2 Å². The van der Waals surface area contributed by atoms with Crippen molar-refractivity contribution in [3.05, 3.63) is 229 Å². The molecule has 0 aromatic heterocycles. The first-order valence-electron chi connectivity index (χ1n) is 24.1. The van der Waals surface area contributed by atoms with Crippen LogP contribution in [-0.2, 0) is 17.4 Å². The highest BCUT2D eigenvalue weighted by Gasteiger charge is 2.40. The van der Waals surface area contributed by atoms with E-state index in [1.165, 1.54) is 99.2 Å². The SMILES string of the molecule is CCCC(Cc1ccc2c(c1)-c1ccc(C(C)(CC)N(c3ccccc3)c3cc4ccccc4c4ccccc34)cc1C2(C)C)N(c1ccccc1)c1cc2ccccc2c2ccccc12. The van der Waals surface area contributed by atoms with Gasteiger partial charge in [-0.3, -0.25) is 0 Å². The maximum atomic E-state index is 2.65. The monoisotopic (exact) mass is 854 g/mol. The molecule has 0 aliphatic heterocycles. The fourth-order valence-corrected chi connectivity index (χ4v) is 11.5. The number of hydrogen-bond acceptors (Lipinski definition) is 2. The Morgan fingerprint density at radius 3 is 1.61 bits per heavy atom. The molecule has 0 saturated carbocycles. The molecule has 10 aromatic rings. The molecule has 0 spiro atoms. The maximum Gasteiger partial charge on any atom is 0.0672 e. The first-order valence-corrected chi connectivity index (χ1v) is 24.1. The molecule has 324 valence electrons. The Balaban J connectivity index is 1.01. The summed E-state index contributed by atoms with van der Waals surface area (Å²) >= 11 is 0. The molecule has 66 heavy (non-hydrogen) atoms. The van der Waals surface area contributed by atoms with Crippen LogP contribution in [0.2, 0.25) is 0 Å². The van der Waals surface area contributed by atoms with Crippen molar-refractivity contribution < 1.29 is 0 Å². The number of para-hydroxylation sites is 2. The van der Waals surface area contributed by atoms with Crippen molar-refractivity contribution in [2.45, 2.75) is 77.3 Å². The average Bonchev–Trinajstić information content (AvgIpc) is 3.59. The second-order valence-electron chi connectivity index (χ2n) is 19.2. The summed E-state index contributed by atoms with van der Waals surface area (Å²) in [5.74, 6) is 0. The predicted molar refractivity (Wildman–Crippen MR) is 284 cm³/mol. The standard InChI is InChI=1S/C64H58N2/c1-6-22-50(65(48-25-10-8-11-26-48)61-41-45-23-14-16-29-51(45)53-31-18-20-33-56(53)61)39-44-35-38-59-58(40-44)55-37-36-47(43-60(55)63(59,3)4)64(5,7-2)66(49-27-12-9-13-28-49)62-42-46-24-15-17-30-52(46)54-32-19-21-34-57(54)62/h8-21,23-38,40-43,50H,6-7,22,39H2,1-5H3. The fourth-order valence-electron chi connectivity index (χ4n) is 11.5. The highest BCUT2D eigenvalue weighted by molar-refractivity contribution is 6.15. The van der Waals surface area contributed by atoms with Crippen LogP contribution >= 0.6 is 0 Å². The Kier molecular flexibility index (Phi) is 10.5. The van der Waals surface area contributed by atoms with Gasteiger partial charge in [0.05, 0.1) is 11.2 Å². The molecule has 2 unspecified atom stereocenters. The van der Waals surface area contributed by atoms with Crippen molar-refractivity contribution in [1.29, 1.82) is 0 Å². The summed E-state index contributed by atoms with van der Waals surface area (Å²) in [6.45, 7) is 12.0. The molecule has 10 aromatic carbocycles. The van der Waals surface area contributed by atoms with Gasteiger partial charge in [0.1, 0.15) is 0 Å². The van der Waals surface area contributed by atoms with E-state index in [4.69, 9.17) is 0 Å².